The van der Waals surface area contributed by atoms with Crippen LogP contribution in [0.3, 0.4) is 0 Å². The van der Waals surface area contributed by atoms with Crippen molar-refractivity contribution in [1.82, 2.24) is 15.5 Å². The van der Waals surface area contributed by atoms with E-state index >= 15 is 0 Å². The number of hydrogen-bond acceptors (Lipinski definition) is 3. The number of aromatic nitrogens is 2. The van der Waals surface area contributed by atoms with Gasteiger partial charge in [-0.15, -0.1) is 0 Å². The van der Waals surface area contributed by atoms with Gasteiger partial charge in [-0.2, -0.15) is 5.10 Å². The number of carbonyl (C=O) groups is 1. The molecule has 5 nitrogen and oxygen atoms in total. The maximum Gasteiger partial charge on any atom is 0.251 e. The van der Waals surface area contributed by atoms with E-state index in [9.17, 15) is 4.79 Å². The van der Waals surface area contributed by atoms with E-state index in [0.29, 0.717) is 18.7 Å². The highest BCUT2D eigenvalue weighted by Gasteiger charge is 2.06. The minimum Gasteiger partial charge on any atom is -0.352 e. The van der Waals surface area contributed by atoms with Gasteiger partial charge in [0.25, 0.3) is 5.91 Å². The van der Waals surface area contributed by atoms with Crippen LogP contribution in [-0.2, 0) is 12.8 Å². The lowest BCUT2D eigenvalue weighted by atomic mass is 10.1. The standard InChI is InChI=1S/C16H22N4O/c1-12-15(11-19-20-12)6-3-9-18-16(21)14-5-2-4-13(10-14)7-8-17/h2,4-5,10-11H,3,6-9,17H2,1H3,(H,18,21)(H,19,20). The van der Waals surface area contributed by atoms with E-state index in [1.165, 1.54) is 5.56 Å². The van der Waals surface area contributed by atoms with Gasteiger partial charge in [0, 0.05) is 17.8 Å². The molecule has 1 amide bonds. The molecule has 0 atom stereocenters. The monoisotopic (exact) mass is 286 g/mol. The quantitative estimate of drug-likeness (QED) is 0.676. The number of carbonyl (C=O) groups excluding carboxylic acids is 1. The maximum atomic E-state index is 12.1. The van der Waals surface area contributed by atoms with Gasteiger partial charge in [0.1, 0.15) is 0 Å². The fraction of sp³-hybridized carbons (Fsp3) is 0.375. The Balaban J connectivity index is 1.79. The zero-order valence-electron chi connectivity index (χ0n) is 12.4. The van der Waals surface area contributed by atoms with Crippen LogP contribution in [0.25, 0.3) is 0 Å². The minimum absolute atomic E-state index is 0.0298. The van der Waals surface area contributed by atoms with Gasteiger partial charge >= 0.3 is 0 Å². The normalized spacial score (nSPS) is 10.6. The van der Waals surface area contributed by atoms with Gasteiger partial charge in [0.15, 0.2) is 0 Å². The largest absolute Gasteiger partial charge is 0.352 e. The number of H-pyrrole nitrogens is 1. The number of hydrogen-bond donors (Lipinski definition) is 3. The van der Waals surface area contributed by atoms with E-state index in [1.807, 2.05) is 37.4 Å². The SMILES string of the molecule is Cc1[nH]ncc1CCCNC(=O)c1cccc(CCN)c1. The third kappa shape index (κ3) is 4.43. The van der Waals surface area contributed by atoms with Crippen molar-refractivity contribution >= 4 is 5.91 Å². The van der Waals surface area contributed by atoms with Crippen molar-refractivity contribution < 1.29 is 4.79 Å². The van der Waals surface area contributed by atoms with Crippen LogP contribution in [0.15, 0.2) is 30.5 Å². The molecular formula is C16H22N4O. The van der Waals surface area contributed by atoms with Crippen LogP contribution in [0.2, 0.25) is 0 Å². The lowest BCUT2D eigenvalue weighted by Crippen LogP contribution is -2.25. The summed E-state index contributed by atoms with van der Waals surface area (Å²) in [6, 6.07) is 7.62. The van der Waals surface area contributed by atoms with Gasteiger partial charge in [-0.3, -0.25) is 9.89 Å². The van der Waals surface area contributed by atoms with Crippen LogP contribution < -0.4 is 11.1 Å². The summed E-state index contributed by atoms with van der Waals surface area (Å²) < 4.78 is 0. The first-order chi connectivity index (χ1) is 10.2. The van der Waals surface area contributed by atoms with Gasteiger partial charge in [0.2, 0.25) is 0 Å². The van der Waals surface area contributed by atoms with Crippen molar-refractivity contribution in [2.24, 2.45) is 5.73 Å². The van der Waals surface area contributed by atoms with Crippen molar-refractivity contribution in [3.8, 4) is 0 Å². The number of nitrogens with one attached hydrogen (secondary N) is 2. The molecule has 0 saturated carbocycles. The van der Waals surface area contributed by atoms with E-state index < -0.39 is 0 Å². The summed E-state index contributed by atoms with van der Waals surface area (Å²) in [6.07, 6.45) is 4.44. The van der Waals surface area contributed by atoms with Crippen molar-refractivity contribution in [2.45, 2.75) is 26.2 Å². The van der Waals surface area contributed by atoms with Crippen LogP contribution >= 0.6 is 0 Å². The molecule has 5 heteroatoms. The smallest absolute Gasteiger partial charge is 0.251 e. The first kappa shape index (κ1) is 15.3. The molecule has 0 saturated heterocycles. The molecule has 2 aromatic rings. The third-order valence-corrected chi connectivity index (χ3v) is 3.46. The Morgan fingerprint density at radius 3 is 2.95 bits per heavy atom. The number of rotatable bonds is 7. The van der Waals surface area contributed by atoms with Crippen molar-refractivity contribution in [1.29, 1.82) is 0 Å². The Bertz CT molecular complexity index is 591. The Morgan fingerprint density at radius 2 is 2.24 bits per heavy atom. The zero-order valence-corrected chi connectivity index (χ0v) is 12.4. The average Bonchev–Trinajstić information content (AvgIpc) is 2.89. The highest BCUT2D eigenvalue weighted by Crippen LogP contribution is 2.07. The number of aryl methyl sites for hydroxylation is 2. The second-order valence-corrected chi connectivity index (χ2v) is 5.12. The van der Waals surface area contributed by atoms with Gasteiger partial charge in [-0.05, 0) is 56.0 Å². The molecule has 1 aromatic heterocycles. The maximum absolute atomic E-state index is 12.1. The van der Waals surface area contributed by atoms with E-state index in [2.05, 4.69) is 15.5 Å². The van der Waals surface area contributed by atoms with Gasteiger partial charge in [-0.25, -0.2) is 0 Å². The summed E-state index contributed by atoms with van der Waals surface area (Å²) in [6.45, 7) is 3.25. The lowest BCUT2D eigenvalue weighted by molar-refractivity contribution is 0.0953. The topological polar surface area (TPSA) is 83.8 Å². The molecule has 4 N–H and O–H groups in total. The molecule has 0 fully saturated rings. The molecule has 0 spiro atoms. The van der Waals surface area contributed by atoms with Crippen molar-refractivity contribution in [3.05, 3.63) is 52.8 Å². The molecule has 1 aromatic carbocycles. The fourth-order valence-electron chi connectivity index (χ4n) is 2.25. The van der Waals surface area contributed by atoms with Crippen molar-refractivity contribution in [3.63, 3.8) is 0 Å². The Kier molecular flexibility index (Phi) is 5.51. The Hall–Kier alpha value is -2.14. The van der Waals surface area contributed by atoms with Gasteiger partial charge in [-0.1, -0.05) is 12.1 Å². The summed E-state index contributed by atoms with van der Waals surface area (Å²) in [7, 11) is 0. The van der Waals surface area contributed by atoms with Gasteiger partial charge in [0.05, 0.1) is 6.20 Å². The Morgan fingerprint density at radius 1 is 1.38 bits per heavy atom. The molecule has 1 heterocycles. The average molecular weight is 286 g/mol. The minimum atomic E-state index is -0.0298. The summed E-state index contributed by atoms with van der Waals surface area (Å²) in [5.41, 5.74) is 9.62. The number of benzene rings is 1. The summed E-state index contributed by atoms with van der Waals surface area (Å²) in [5, 5.41) is 9.85. The lowest BCUT2D eigenvalue weighted by Gasteiger charge is -2.06. The Labute approximate surface area is 124 Å². The van der Waals surface area contributed by atoms with E-state index in [4.69, 9.17) is 5.73 Å². The molecular weight excluding hydrogens is 264 g/mol. The van der Waals surface area contributed by atoms with Crippen LogP contribution in [0.1, 0.15) is 33.6 Å². The van der Waals surface area contributed by atoms with Gasteiger partial charge < -0.3 is 11.1 Å². The van der Waals surface area contributed by atoms with Crippen LogP contribution in [0, 0.1) is 6.92 Å². The van der Waals surface area contributed by atoms with Crippen LogP contribution in [-0.4, -0.2) is 29.2 Å². The molecule has 0 unspecified atom stereocenters. The van der Waals surface area contributed by atoms with E-state index in [-0.39, 0.29) is 5.91 Å². The molecule has 0 bridgehead atoms. The predicted molar refractivity (Wildman–Crippen MR) is 83.2 cm³/mol. The molecule has 0 radical (unpaired) electrons. The third-order valence-electron chi connectivity index (χ3n) is 3.46. The second-order valence-electron chi connectivity index (χ2n) is 5.12. The number of aromatic amines is 1. The van der Waals surface area contributed by atoms with Crippen molar-refractivity contribution in [2.75, 3.05) is 13.1 Å². The highest BCUT2D eigenvalue weighted by atomic mass is 16.1. The summed E-state index contributed by atoms with van der Waals surface area (Å²) >= 11 is 0. The number of nitrogens with zero attached hydrogens (tertiary/aromatic N) is 1. The fourth-order valence-corrected chi connectivity index (χ4v) is 2.25. The van der Waals surface area contributed by atoms with E-state index in [1.54, 1.807) is 0 Å². The predicted octanol–water partition coefficient (Wildman–Crippen LogP) is 1.58. The highest BCUT2D eigenvalue weighted by molar-refractivity contribution is 5.94. The number of nitrogens with two attached hydrogens (primary N) is 1. The number of amides is 1. The summed E-state index contributed by atoms with van der Waals surface area (Å²) in [4.78, 5) is 12.1. The van der Waals surface area contributed by atoms with Crippen LogP contribution in [0.5, 0.6) is 0 Å². The first-order valence-electron chi connectivity index (χ1n) is 7.26. The molecule has 0 aliphatic heterocycles. The van der Waals surface area contributed by atoms with E-state index in [0.717, 1.165) is 30.5 Å². The first-order valence-corrected chi connectivity index (χ1v) is 7.26. The molecule has 112 valence electrons. The zero-order chi connectivity index (χ0) is 15.1. The van der Waals surface area contributed by atoms with Crippen LogP contribution in [0.4, 0.5) is 0 Å². The second kappa shape index (κ2) is 7.59. The summed E-state index contributed by atoms with van der Waals surface area (Å²) in [5.74, 6) is -0.0298. The molecule has 0 aliphatic carbocycles. The molecule has 2 rings (SSSR count). The molecule has 21 heavy (non-hydrogen) atoms. The molecule has 0 aliphatic rings.